The molecular weight excluding hydrogens is 246 g/mol. The Balaban J connectivity index is 1.45. The molecule has 2 heteroatoms. The van der Waals surface area contributed by atoms with Gasteiger partial charge in [0.25, 0.3) is 0 Å². The molecule has 1 saturated carbocycles. The first-order valence-corrected chi connectivity index (χ1v) is 7.78. The van der Waals surface area contributed by atoms with E-state index < -0.39 is 0 Å². The number of benzene rings is 1. The molecule has 2 nitrogen and oxygen atoms in total. The van der Waals surface area contributed by atoms with Gasteiger partial charge in [-0.15, -0.1) is 0 Å². The summed E-state index contributed by atoms with van der Waals surface area (Å²) >= 11 is 0. The van der Waals surface area contributed by atoms with Crippen LogP contribution in [0.2, 0.25) is 0 Å². The van der Waals surface area contributed by atoms with Crippen LogP contribution in [0.1, 0.15) is 60.1 Å². The summed E-state index contributed by atoms with van der Waals surface area (Å²) in [5, 5.41) is 3.71. The fourth-order valence-corrected chi connectivity index (χ4v) is 3.31. The summed E-state index contributed by atoms with van der Waals surface area (Å²) in [7, 11) is 0. The van der Waals surface area contributed by atoms with Gasteiger partial charge in [0.2, 0.25) is 0 Å². The molecule has 0 saturated heterocycles. The van der Waals surface area contributed by atoms with Crippen LogP contribution >= 0.6 is 0 Å². The van der Waals surface area contributed by atoms with Crippen molar-refractivity contribution in [2.24, 2.45) is 0 Å². The SMILES string of the molecule is c1cc(CNC2CCCc3occc32)cc(C2CC2)c1. The minimum Gasteiger partial charge on any atom is -0.469 e. The Kier molecular flexibility index (Phi) is 3.12. The van der Waals surface area contributed by atoms with Crippen LogP contribution in [0, 0.1) is 0 Å². The predicted octanol–water partition coefficient (Wildman–Crippen LogP) is 4.32. The minimum absolute atomic E-state index is 0.460. The van der Waals surface area contributed by atoms with Crippen LogP contribution in [0.15, 0.2) is 41.0 Å². The number of aryl methyl sites for hydroxylation is 1. The van der Waals surface area contributed by atoms with Crippen LogP contribution in [0.4, 0.5) is 0 Å². The maximum atomic E-state index is 5.56. The number of hydrogen-bond donors (Lipinski definition) is 1. The van der Waals surface area contributed by atoms with Crippen LogP contribution in [0.5, 0.6) is 0 Å². The van der Waals surface area contributed by atoms with E-state index in [9.17, 15) is 0 Å². The van der Waals surface area contributed by atoms with Crippen LogP contribution in [-0.2, 0) is 13.0 Å². The Morgan fingerprint density at radius 3 is 3.00 bits per heavy atom. The lowest BCUT2D eigenvalue weighted by Crippen LogP contribution is -2.24. The van der Waals surface area contributed by atoms with E-state index in [1.165, 1.54) is 48.1 Å². The molecule has 0 bridgehead atoms. The molecule has 1 fully saturated rings. The standard InChI is InChI=1S/C18H21NO/c1-3-13(11-15(4-1)14-7-8-14)12-19-17-5-2-6-18-16(17)9-10-20-18/h1,3-4,9-11,14,17,19H,2,5-8,12H2. The summed E-state index contributed by atoms with van der Waals surface area (Å²) < 4.78 is 5.56. The van der Waals surface area contributed by atoms with Crippen molar-refractivity contribution < 1.29 is 4.42 Å². The van der Waals surface area contributed by atoms with Crippen LogP contribution in [0.25, 0.3) is 0 Å². The highest BCUT2D eigenvalue weighted by molar-refractivity contribution is 5.29. The first-order valence-electron chi connectivity index (χ1n) is 7.78. The van der Waals surface area contributed by atoms with E-state index in [1.807, 2.05) is 6.26 Å². The topological polar surface area (TPSA) is 25.2 Å². The van der Waals surface area contributed by atoms with Crippen LogP contribution < -0.4 is 5.32 Å². The molecule has 20 heavy (non-hydrogen) atoms. The lowest BCUT2D eigenvalue weighted by molar-refractivity contribution is 0.411. The van der Waals surface area contributed by atoms with Crippen molar-refractivity contribution in [2.75, 3.05) is 0 Å². The first kappa shape index (κ1) is 12.2. The number of fused-ring (bicyclic) bond motifs is 1. The average molecular weight is 267 g/mol. The van der Waals surface area contributed by atoms with Crippen molar-refractivity contribution in [3.05, 3.63) is 59.0 Å². The lowest BCUT2D eigenvalue weighted by Gasteiger charge is -2.23. The molecule has 0 radical (unpaired) electrons. The minimum atomic E-state index is 0.460. The molecule has 1 atom stereocenters. The zero-order chi connectivity index (χ0) is 13.4. The third-order valence-electron chi connectivity index (χ3n) is 4.60. The fourth-order valence-electron chi connectivity index (χ4n) is 3.31. The van der Waals surface area contributed by atoms with Gasteiger partial charge in [0, 0.05) is 24.6 Å². The summed E-state index contributed by atoms with van der Waals surface area (Å²) in [5.41, 5.74) is 4.30. The zero-order valence-electron chi connectivity index (χ0n) is 11.8. The molecule has 0 aliphatic heterocycles. The van der Waals surface area contributed by atoms with E-state index in [1.54, 1.807) is 0 Å². The summed E-state index contributed by atoms with van der Waals surface area (Å²) in [6, 6.07) is 11.7. The maximum absolute atomic E-state index is 5.56. The molecule has 2 aliphatic carbocycles. The number of furan rings is 1. The second-order valence-corrected chi connectivity index (χ2v) is 6.14. The van der Waals surface area contributed by atoms with Gasteiger partial charge in [-0.25, -0.2) is 0 Å². The molecule has 4 rings (SSSR count). The normalized spacial score (nSPS) is 21.7. The summed E-state index contributed by atoms with van der Waals surface area (Å²) in [5.74, 6) is 2.02. The molecule has 104 valence electrons. The monoisotopic (exact) mass is 267 g/mol. The molecule has 2 aliphatic rings. The van der Waals surface area contributed by atoms with Gasteiger partial charge in [0.1, 0.15) is 5.76 Å². The van der Waals surface area contributed by atoms with Gasteiger partial charge in [-0.1, -0.05) is 24.3 Å². The van der Waals surface area contributed by atoms with Crippen LogP contribution in [0.3, 0.4) is 0 Å². The van der Waals surface area contributed by atoms with Crippen molar-refractivity contribution in [1.82, 2.24) is 5.32 Å². The van der Waals surface area contributed by atoms with Gasteiger partial charge in [0.15, 0.2) is 0 Å². The third kappa shape index (κ3) is 2.40. The van der Waals surface area contributed by atoms with Gasteiger partial charge in [0.05, 0.1) is 6.26 Å². The van der Waals surface area contributed by atoms with E-state index in [0.29, 0.717) is 6.04 Å². The van der Waals surface area contributed by atoms with Crippen molar-refractivity contribution in [2.45, 2.75) is 50.6 Å². The predicted molar refractivity (Wildman–Crippen MR) is 79.6 cm³/mol. The Hall–Kier alpha value is -1.54. The smallest absolute Gasteiger partial charge is 0.108 e. The quantitative estimate of drug-likeness (QED) is 0.892. The van der Waals surface area contributed by atoms with E-state index in [2.05, 4.69) is 35.6 Å². The highest BCUT2D eigenvalue weighted by Crippen LogP contribution is 2.40. The van der Waals surface area contributed by atoms with E-state index in [4.69, 9.17) is 4.42 Å². The molecule has 1 unspecified atom stereocenters. The third-order valence-corrected chi connectivity index (χ3v) is 4.60. The second-order valence-electron chi connectivity index (χ2n) is 6.14. The van der Waals surface area contributed by atoms with Crippen molar-refractivity contribution in [1.29, 1.82) is 0 Å². The van der Waals surface area contributed by atoms with Crippen molar-refractivity contribution in [3.8, 4) is 0 Å². The Bertz CT molecular complexity index is 597. The van der Waals surface area contributed by atoms with E-state index >= 15 is 0 Å². The Morgan fingerprint density at radius 2 is 2.10 bits per heavy atom. The maximum Gasteiger partial charge on any atom is 0.108 e. The molecule has 1 N–H and O–H groups in total. The van der Waals surface area contributed by atoms with Gasteiger partial charge in [-0.2, -0.15) is 0 Å². The highest BCUT2D eigenvalue weighted by atomic mass is 16.3. The van der Waals surface area contributed by atoms with Crippen molar-refractivity contribution in [3.63, 3.8) is 0 Å². The lowest BCUT2D eigenvalue weighted by atomic mass is 9.93. The number of hydrogen-bond acceptors (Lipinski definition) is 2. The summed E-state index contributed by atoms with van der Waals surface area (Å²) in [4.78, 5) is 0. The Labute approximate surface area is 120 Å². The fraction of sp³-hybridized carbons (Fsp3) is 0.444. The van der Waals surface area contributed by atoms with Crippen molar-refractivity contribution >= 4 is 0 Å². The second kappa shape index (κ2) is 5.10. The molecule has 1 aromatic carbocycles. The number of rotatable bonds is 4. The van der Waals surface area contributed by atoms with Gasteiger partial charge in [-0.05, 0) is 48.8 Å². The average Bonchev–Trinajstić information content (AvgIpc) is 3.23. The number of nitrogens with one attached hydrogen (secondary N) is 1. The molecule has 2 aromatic rings. The first-order chi connectivity index (χ1) is 9.90. The molecule has 1 aromatic heterocycles. The van der Waals surface area contributed by atoms with E-state index in [-0.39, 0.29) is 0 Å². The molecule has 0 spiro atoms. The molecule has 1 heterocycles. The van der Waals surface area contributed by atoms with Gasteiger partial charge >= 0.3 is 0 Å². The Morgan fingerprint density at radius 1 is 1.15 bits per heavy atom. The zero-order valence-corrected chi connectivity index (χ0v) is 11.8. The van der Waals surface area contributed by atoms with Gasteiger partial charge < -0.3 is 9.73 Å². The van der Waals surface area contributed by atoms with E-state index in [0.717, 1.165) is 18.9 Å². The van der Waals surface area contributed by atoms with Gasteiger partial charge in [-0.3, -0.25) is 0 Å². The summed E-state index contributed by atoms with van der Waals surface area (Å²) in [6.07, 6.45) is 8.11. The summed E-state index contributed by atoms with van der Waals surface area (Å²) in [6.45, 7) is 0.954. The molecule has 0 amide bonds. The van der Waals surface area contributed by atoms with Crippen LogP contribution in [-0.4, -0.2) is 0 Å². The largest absolute Gasteiger partial charge is 0.469 e. The highest BCUT2D eigenvalue weighted by Gasteiger charge is 2.24. The molecular formula is C18H21NO.